The van der Waals surface area contributed by atoms with Gasteiger partial charge in [0.15, 0.2) is 0 Å². The van der Waals surface area contributed by atoms with Crippen LogP contribution in [0.5, 0.6) is 0 Å². The molecular formula is C13H20N2O2. The lowest BCUT2D eigenvalue weighted by atomic mass is 9.46. The van der Waals surface area contributed by atoms with E-state index in [9.17, 15) is 5.11 Å². The minimum atomic E-state index is -0.412. The highest BCUT2D eigenvalue weighted by Crippen LogP contribution is 2.63. The van der Waals surface area contributed by atoms with Gasteiger partial charge in [-0.15, -0.1) is 0 Å². The van der Waals surface area contributed by atoms with E-state index < -0.39 is 5.60 Å². The van der Waals surface area contributed by atoms with Crippen molar-refractivity contribution in [2.24, 2.45) is 28.0 Å². The second-order valence-electron chi connectivity index (χ2n) is 6.83. The molecule has 0 spiro atoms. The third-order valence-electron chi connectivity index (χ3n) is 5.43. The van der Waals surface area contributed by atoms with Gasteiger partial charge < -0.3 is 15.6 Å². The minimum absolute atomic E-state index is 0.125. The Bertz CT molecular complexity index is 379. The van der Waals surface area contributed by atoms with E-state index in [1.165, 1.54) is 19.3 Å². The molecule has 0 aromatic heterocycles. The summed E-state index contributed by atoms with van der Waals surface area (Å²) < 4.78 is 5.71. The lowest BCUT2D eigenvalue weighted by molar-refractivity contribution is -0.188. The van der Waals surface area contributed by atoms with E-state index in [-0.39, 0.29) is 11.5 Å². The van der Waals surface area contributed by atoms with Crippen molar-refractivity contribution in [2.45, 2.75) is 50.2 Å². The monoisotopic (exact) mass is 236 g/mol. The van der Waals surface area contributed by atoms with E-state index in [4.69, 9.17) is 10.5 Å². The summed E-state index contributed by atoms with van der Waals surface area (Å²) in [4.78, 5) is 4.19. The molecule has 4 saturated carbocycles. The first-order valence-electron chi connectivity index (χ1n) is 6.76. The fraction of sp³-hybridized carbons (Fsp3) is 0.923. The molecule has 4 nitrogen and oxygen atoms in total. The van der Waals surface area contributed by atoms with Crippen molar-refractivity contribution in [1.82, 2.24) is 0 Å². The Morgan fingerprint density at radius 1 is 1.24 bits per heavy atom. The van der Waals surface area contributed by atoms with Crippen molar-refractivity contribution in [3.05, 3.63) is 0 Å². The first-order valence-corrected chi connectivity index (χ1v) is 6.76. The first kappa shape index (κ1) is 10.2. The molecule has 17 heavy (non-hydrogen) atoms. The van der Waals surface area contributed by atoms with E-state index in [1.807, 2.05) is 0 Å². The lowest BCUT2D eigenvalue weighted by Crippen LogP contribution is -2.59. The zero-order valence-electron chi connectivity index (χ0n) is 10.1. The number of amidine groups is 1. The van der Waals surface area contributed by atoms with Crippen molar-refractivity contribution in [3.8, 4) is 0 Å². The van der Waals surface area contributed by atoms with Crippen LogP contribution in [0.2, 0.25) is 0 Å². The SMILES string of the molecule is NC1=NCC(C23CC4CC(CC(O)(C4)C2)C3)O1. The van der Waals surface area contributed by atoms with Crippen LogP contribution in [0.15, 0.2) is 4.99 Å². The molecule has 4 bridgehead atoms. The Morgan fingerprint density at radius 3 is 2.47 bits per heavy atom. The van der Waals surface area contributed by atoms with Crippen molar-refractivity contribution < 1.29 is 9.84 Å². The van der Waals surface area contributed by atoms with E-state index in [0.29, 0.717) is 24.4 Å². The summed E-state index contributed by atoms with van der Waals surface area (Å²) >= 11 is 0. The number of nitrogens with zero attached hydrogens (tertiary/aromatic N) is 1. The highest BCUT2D eigenvalue weighted by atomic mass is 16.5. The van der Waals surface area contributed by atoms with Crippen molar-refractivity contribution in [2.75, 3.05) is 6.54 Å². The predicted molar refractivity (Wildman–Crippen MR) is 63.4 cm³/mol. The van der Waals surface area contributed by atoms with Gasteiger partial charge in [-0.05, 0) is 50.4 Å². The molecule has 0 radical (unpaired) electrons. The van der Waals surface area contributed by atoms with Crippen LogP contribution in [0.1, 0.15) is 38.5 Å². The van der Waals surface area contributed by atoms with Gasteiger partial charge in [0.2, 0.25) is 0 Å². The molecule has 0 amide bonds. The first-order chi connectivity index (χ1) is 8.07. The Morgan fingerprint density at radius 2 is 1.94 bits per heavy atom. The standard InChI is InChI=1S/C13H20N2O2/c14-11-15-6-10(17-11)12-2-8-1-9(3-12)5-13(16,4-8)7-12/h8-10,16H,1-7H2,(H2,14,15). The number of hydrogen-bond donors (Lipinski definition) is 2. The lowest BCUT2D eigenvalue weighted by Gasteiger charge is -2.61. The molecule has 3 unspecified atom stereocenters. The number of rotatable bonds is 1. The van der Waals surface area contributed by atoms with Crippen LogP contribution in [0.4, 0.5) is 0 Å². The topological polar surface area (TPSA) is 67.8 Å². The van der Waals surface area contributed by atoms with Crippen LogP contribution < -0.4 is 5.73 Å². The molecule has 4 aliphatic carbocycles. The molecule has 94 valence electrons. The summed E-state index contributed by atoms with van der Waals surface area (Å²) in [6.45, 7) is 0.696. The maximum absolute atomic E-state index is 10.7. The highest BCUT2D eigenvalue weighted by molar-refractivity contribution is 5.73. The number of aliphatic hydroxyl groups is 1. The molecule has 3 N–H and O–H groups in total. The second kappa shape index (κ2) is 2.97. The molecule has 0 saturated heterocycles. The number of ether oxygens (including phenoxy) is 1. The van der Waals surface area contributed by atoms with Gasteiger partial charge in [-0.25, -0.2) is 4.99 Å². The summed E-state index contributed by atoms with van der Waals surface area (Å²) in [7, 11) is 0. The van der Waals surface area contributed by atoms with E-state index >= 15 is 0 Å². The van der Waals surface area contributed by atoms with Gasteiger partial charge in [0, 0.05) is 5.41 Å². The molecule has 4 fully saturated rings. The van der Waals surface area contributed by atoms with Gasteiger partial charge in [0.1, 0.15) is 6.10 Å². The molecular weight excluding hydrogens is 216 g/mol. The average Bonchev–Trinajstić information content (AvgIpc) is 2.61. The molecule has 3 atom stereocenters. The van der Waals surface area contributed by atoms with Crippen LogP contribution >= 0.6 is 0 Å². The summed E-state index contributed by atoms with van der Waals surface area (Å²) in [5.41, 5.74) is 5.39. The number of hydrogen-bond acceptors (Lipinski definition) is 4. The maximum atomic E-state index is 10.7. The summed E-state index contributed by atoms with van der Waals surface area (Å²) in [6.07, 6.45) is 6.77. The minimum Gasteiger partial charge on any atom is -0.460 e. The van der Waals surface area contributed by atoms with E-state index in [2.05, 4.69) is 4.99 Å². The fourth-order valence-electron chi connectivity index (χ4n) is 5.37. The Hall–Kier alpha value is -0.770. The van der Waals surface area contributed by atoms with Gasteiger partial charge in [0.05, 0.1) is 12.1 Å². The van der Waals surface area contributed by atoms with Crippen molar-refractivity contribution >= 4 is 6.02 Å². The van der Waals surface area contributed by atoms with Crippen LogP contribution in [0, 0.1) is 17.3 Å². The summed E-state index contributed by atoms with van der Waals surface area (Å²) in [5, 5.41) is 10.7. The van der Waals surface area contributed by atoms with Crippen LogP contribution in [-0.4, -0.2) is 29.4 Å². The predicted octanol–water partition coefficient (Wildman–Crippen LogP) is 1.03. The van der Waals surface area contributed by atoms with Gasteiger partial charge in [-0.2, -0.15) is 0 Å². The van der Waals surface area contributed by atoms with Crippen LogP contribution in [0.25, 0.3) is 0 Å². The van der Waals surface area contributed by atoms with Gasteiger partial charge >= 0.3 is 0 Å². The Labute approximate surface area is 101 Å². The molecule has 1 heterocycles. The number of nitrogens with two attached hydrogens (primary N) is 1. The average molecular weight is 236 g/mol. The molecule has 4 heteroatoms. The Balaban J connectivity index is 1.66. The van der Waals surface area contributed by atoms with Crippen LogP contribution in [0.3, 0.4) is 0 Å². The molecule has 1 aliphatic heterocycles. The second-order valence-corrected chi connectivity index (χ2v) is 6.83. The smallest absolute Gasteiger partial charge is 0.282 e. The van der Waals surface area contributed by atoms with Gasteiger partial charge in [-0.3, -0.25) is 0 Å². The molecule has 0 aromatic carbocycles. The van der Waals surface area contributed by atoms with Crippen molar-refractivity contribution in [3.63, 3.8) is 0 Å². The third kappa shape index (κ3) is 1.36. The molecule has 5 rings (SSSR count). The quantitative estimate of drug-likeness (QED) is 0.714. The van der Waals surface area contributed by atoms with Crippen molar-refractivity contribution in [1.29, 1.82) is 0 Å². The van der Waals surface area contributed by atoms with Gasteiger partial charge in [-0.1, -0.05) is 0 Å². The van der Waals surface area contributed by atoms with Crippen LogP contribution in [-0.2, 0) is 4.74 Å². The van der Waals surface area contributed by atoms with E-state index in [1.54, 1.807) is 0 Å². The third-order valence-corrected chi connectivity index (χ3v) is 5.43. The summed E-state index contributed by atoms with van der Waals surface area (Å²) in [6, 6.07) is 0.345. The Kier molecular flexibility index (Phi) is 1.78. The zero-order chi connectivity index (χ0) is 11.7. The van der Waals surface area contributed by atoms with E-state index in [0.717, 1.165) is 19.3 Å². The zero-order valence-corrected chi connectivity index (χ0v) is 10.1. The largest absolute Gasteiger partial charge is 0.460 e. The normalized spacial score (nSPS) is 55.8. The highest BCUT2D eigenvalue weighted by Gasteiger charge is 2.60. The van der Waals surface area contributed by atoms with Gasteiger partial charge in [0.25, 0.3) is 6.02 Å². The molecule has 0 aromatic rings. The molecule has 5 aliphatic rings. The number of aliphatic imine (C=N–C) groups is 1. The maximum Gasteiger partial charge on any atom is 0.282 e. The summed E-state index contributed by atoms with van der Waals surface area (Å²) in [5.74, 6) is 1.40. The fourth-order valence-corrected chi connectivity index (χ4v) is 5.37.